The highest BCUT2D eigenvalue weighted by atomic mass is 16.5. The first-order chi connectivity index (χ1) is 8.13. The number of aliphatic hydroxyl groups is 1. The van der Waals surface area contributed by atoms with Gasteiger partial charge in [0.2, 0.25) is 0 Å². The van der Waals surface area contributed by atoms with Crippen LogP contribution in [0, 0.1) is 0 Å². The number of hydrogen-bond acceptors (Lipinski definition) is 3. The van der Waals surface area contributed by atoms with Gasteiger partial charge in [-0.2, -0.15) is 0 Å². The molecule has 17 heavy (non-hydrogen) atoms. The molecule has 0 saturated carbocycles. The average molecular weight is 237 g/mol. The van der Waals surface area contributed by atoms with Crippen LogP contribution in [0.4, 0.5) is 0 Å². The molecule has 96 valence electrons. The van der Waals surface area contributed by atoms with E-state index in [1.54, 1.807) is 0 Å². The Morgan fingerprint density at radius 3 is 2.35 bits per heavy atom. The Balaban J connectivity index is 2.48. The van der Waals surface area contributed by atoms with E-state index in [-0.39, 0.29) is 12.7 Å². The summed E-state index contributed by atoms with van der Waals surface area (Å²) < 4.78 is 5.59. The molecule has 0 aliphatic heterocycles. The van der Waals surface area contributed by atoms with Crippen molar-refractivity contribution in [1.82, 2.24) is 5.32 Å². The van der Waals surface area contributed by atoms with Crippen LogP contribution in [-0.4, -0.2) is 24.4 Å². The van der Waals surface area contributed by atoms with E-state index in [1.165, 1.54) is 5.56 Å². The summed E-state index contributed by atoms with van der Waals surface area (Å²) in [5.74, 6) is 0.909. The molecule has 0 amide bonds. The molecule has 0 aliphatic rings. The van der Waals surface area contributed by atoms with Gasteiger partial charge in [-0.15, -0.1) is 0 Å². The molecule has 0 radical (unpaired) electrons. The maximum absolute atomic E-state index is 8.71. The predicted octanol–water partition coefficient (Wildman–Crippen LogP) is 2.51. The van der Waals surface area contributed by atoms with Gasteiger partial charge in [0.25, 0.3) is 0 Å². The Bertz CT molecular complexity index is 309. The zero-order valence-corrected chi connectivity index (χ0v) is 10.9. The molecule has 0 heterocycles. The molecule has 1 rings (SSSR count). The quantitative estimate of drug-likeness (QED) is 0.716. The topological polar surface area (TPSA) is 41.5 Å². The molecular formula is C14H23NO2. The van der Waals surface area contributed by atoms with E-state index in [0.29, 0.717) is 6.04 Å². The molecule has 2 N–H and O–H groups in total. The first-order valence-corrected chi connectivity index (χ1v) is 6.24. The summed E-state index contributed by atoms with van der Waals surface area (Å²) in [4.78, 5) is 0. The van der Waals surface area contributed by atoms with E-state index in [1.807, 2.05) is 26.0 Å². The zero-order chi connectivity index (χ0) is 12.7. The van der Waals surface area contributed by atoms with Gasteiger partial charge in [-0.3, -0.25) is 0 Å². The Morgan fingerprint density at radius 2 is 1.82 bits per heavy atom. The molecule has 1 unspecified atom stereocenters. The van der Waals surface area contributed by atoms with Gasteiger partial charge in [-0.1, -0.05) is 12.1 Å². The van der Waals surface area contributed by atoms with Crippen LogP contribution in [0.5, 0.6) is 5.75 Å². The molecule has 1 atom stereocenters. The summed E-state index contributed by atoms with van der Waals surface area (Å²) >= 11 is 0. The van der Waals surface area contributed by atoms with E-state index < -0.39 is 0 Å². The Morgan fingerprint density at radius 1 is 1.18 bits per heavy atom. The number of ether oxygens (including phenoxy) is 1. The number of hydrogen-bond donors (Lipinski definition) is 2. The maximum Gasteiger partial charge on any atom is 0.119 e. The fourth-order valence-electron chi connectivity index (χ4n) is 1.62. The van der Waals surface area contributed by atoms with E-state index in [4.69, 9.17) is 9.84 Å². The fraction of sp³-hybridized carbons (Fsp3) is 0.571. The van der Waals surface area contributed by atoms with Gasteiger partial charge in [0.15, 0.2) is 0 Å². The average Bonchev–Trinajstić information content (AvgIpc) is 2.29. The number of aliphatic hydroxyl groups excluding tert-OH is 1. The number of nitrogens with one attached hydrogen (secondary N) is 1. The second-order valence-electron chi connectivity index (χ2n) is 4.49. The third-order valence-electron chi connectivity index (χ3n) is 2.54. The van der Waals surface area contributed by atoms with E-state index in [9.17, 15) is 0 Å². The highest BCUT2D eigenvalue weighted by molar-refractivity contribution is 5.29. The lowest BCUT2D eigenvalue weighted by molar-refractivity contribution is 0.242. The van der Waals surface area contributed by atoms with Crippen molar-refractivity contribution in [3.8, 4) is 5.75 Å². The van der Waals surface area contributed by atoms with Crippen molar-refractivity contribution in [2.24, 2.45) is 0 Å². The molecule has 0 fully saturated rings. The van der Waals surface area contributed by atoms with Crippen LogP contribution in [0.25, 0.3) is 0 Å². The van der Waals surface area contributed by atoms with Gasteiger partial charge in [0.1, 0.15) is 5.75 Å². The van der Waals surface area contributed by atoms with Gasteiger partial charge in [-0.05, 0) is 51.4 Å². The van der Waals surface area contributed by atoms with E-state index >= 15 is 0 Å². The second kappa shape index (κ2) is 7.30. The minimum atomic E-state index is 0.209. The van der Waals surface area contributed by atoms with Gasteiger partial charge in [0.05, 0.1) is 6.10 Å². The summed E-state index contributed by atoms with van der Waals surface area (Å²) in [7, 11) is 0. The van der Waals surface area contributed by atoms with Crippen LogP contribution >= 0.6 is 0 Å². The van der Waals surface area contributed by atoms with Crippen molar-refractivity contribution in [3.63, 3.8) is 0 Å². The summed E-state index contributed by atoms with van der Waals surface area (Å²) in [6.45, 7) is 7.23. The SMILES string of the molecule is CC(C)Oc1ccc(C(C)NCCCO)cc1. The van der Waals surface area contributed by atoms with Crippen molar-refractivity contribution in [2.45, 2.75) is 39.3 Å². The third kappa shape index (κ3) is 5.20. The largest absolute Gasteiger partial charge is 0.491 e. The number of benzene rings is 1. The molecule has 1 aromatic rings. The van der Waals surface area contributed by atoms with Gasteiger partial charge in [-0.25, -0.2) is 0 Å². The predicted molar refractivity (Wildman–Crippen MR) is 70.3 cm³/mol. The molecule has 0 spiro atoms. The van der Waals surface area contributed by atoms with Crippen molar-refractivity contribution in [3.05, 3.63) is 29.8 Å². The second-order valence-corrected chi connectivity index (χ2v) is 4.49. The Kier molecular flexibility index (Phi) is 6.01. The van der Waals surface area contributed by atoms with Crippen LogP contribution in [-0.2, 0) is 0 Å². The van der Waals surface area contributed by atoms with Gasteiger partial charge in [0, 0.05) is 12.6 Å². The number of rotatable bonds is 7. The molecule has 3 heteroatoms. The lowest BCUT2D eigenvalue weighted by atomic mass is 10.1. The van der Waals surface area contributed by atoms with Crippen molar-refractivity contribution in [2.75, 3.05) is 13.2 Å². The molecule has 0 saturated heterocycles. The normalized spacial score (nSPS) is 12.8. The summed E-state index contributed by atoms with van der Waals surface area (Å²) in [6.07, 6.45) is 1.000. The highest BCUT2D eigenvalue weighted by Gasteiger charge is 2.04. The minimum Gasteiger partial charge on any atom is -0.491 e. The van der Waals surface area contributed by atoms with Gasteiger partial charge >= 0.3 is 0 Å². The summed E-state index contributed by atoms with van der Waals surface area (Å²) in [5.41, 5.74) is 1.24. The monoisotopic (exact) mass is 237 g/mol. The Hall–Kier alpha value is -1.06. The van der Waals surface area contributed by atoms with Crippen molar-refractivity contribution in [1.29, 1.82) is 0 Å². The summed E-state index contributed by atoms with van der Waals surface area (Å²) in [6, 6.07) is 8.46. The fourth-order valence-corrected chi connectivity index (χ4v) is 1.62. The zero-order valence-electron chi connectivity index (χ0n) is 10.9. The molecule has 1 aromatic carbocycles. The molecule has 0 aliphatic carbocycles. The lowest BCUT2D eigenvalue weighted by Gasteiger charge is -2.15. The van der Waals surface area contributed by atoms with Gasteiger partial charge < -0.3 is 15.2 Å². The third-order valence-corrected chi connectivity index (χ3v) is 2.54. The van der Waals surface area contributed by atoms with Crippen molar-refractivity contribution < 1.29 is 9.84 Å². The molecule has 0 bridgehead atoms. The van der Waals surface area contributed by atoms with Crippen LogP contribution in [0.15, 0.2) is 24.3 Å². The van der Waals surface area contributed by atoms with Crippen LogP contribution in [0.2, 0.25) is 0 Å². The first kappa shape index (κ1) is 14.0. The minimum absolute atomic E-state index is 0.209. The van der Waals surface area contributed by atoms with Crippen LogP contribution in [0.1, 0.15) is 38.8 Å². The van der Waals surface area contributed by atoms with Crippen molar-refractivity contribution >= 4 is 0 Å². The summed E-state index contributed by atoms with van der Waals surface area (Å²) in [5, 5.41) is 12.1. The van der Waals surface area contributed by atoms with E-state index in [0.717, 1.165) is 18.7 Å². The first-order valence-electron chi connectivity index (χ1n) is 6.24. The molecule has 0 aromatic heterocycles. The standard InChI is InChI=1S/C14H23NO2/c1-11(2)17-14-7-5-13(6-8-14)12(3)15-9-4-10-16/h5-8,11-12,15-16H,4,9-10H2,1-3H3. The van der Waals surface area contributed by atoms with E-state index in [2.05, 4.69) is 24.4 Å². The van der Waals surface area contributed by atoms with Crippen LogP contribution < -0.4 is 10.1 Å². The molecular weight excluding hydrogens is 214 g/mol. The van der Waals surface area contributed by atoms with Crippen LogP contribution in [0.3, 0.4) is 0 Å². The molecule has 3 nitrogen and oxygen atoms in total. The smallest absolute Gasteiger partial charge is 0.119 e. The maximum atomic E-state index is 8.71. The lowest BCUT2D eigenvalue weighted by Crippen LogP contribution is -2.20. The Labute approximate surface area is 104 Å². The highest BCUT2D eigenvalue weighted by Crippen LogP contribution is 2.18.